The molecule has 0 aliphatic carbocycles. The molecular formula is C22H22Br2N2O2. The average molecular weight is 506 g/mol. The molecule has 0 radical (unpaired) electrons. The Morgan fingerprint density at radius 3 is 2.43 bits per heavy atom. The Hall–Kier alpha value is -2.10. The average Bonchev–Trinajstić information content (AvgIpc) is 2.68. The van der Waals surface area contributed by atoms with Gasteiger partial charge < -0.3 is 10.1 Å². The SMILES string of the molecule is CCCCCCOc1c(Br)cc(/C=C(\C#N)C(=O)Nc2ccccc2)cc1Br. The third-order valence-corrected chi connectivity index (χ3v) is 5.15. The first-order chi connectivity index (χ1) is 13.5. The predicted molar refractivity (Wildman–Crippen MR) is 120 cm³/mol. The number of nitrogens with one attached hydrogen (secondary N) is 1. The molecule has 0 aliphatic heterocycles. The second kappa shape index (κ2) is 11.7. The van der Waals surface area contributed by atoms with Gasteiger partial charge in [-0.3, -0.25) is 4.79 Å². The Labute approximate surface area is 182 Å². The van der Waals surface area contributed by atoms with E-state index in [0.29, 0.717) is 12.3 Å². The molecule has 0 fully saturated rings. The quantitative estimate of drug-likeness (QED) is 0.234. The van der Waals surface area contributed by atoms with Gasteiger partial charge in [-0.25, -0.2) is 0 Å². The molecule has 4 nitrogen and oxygen atoms in total. The van der Waals surface area contributed by atoms with Gasteiger partial charge >= 0.3 is 0 Å². The van der Waals surface area contributed by atoms with Gasteiger partial charge in [0.1, 0.15) is 17.4 Å². The first kappa shape index (κ1) is 22.2. The van der Waals surface area contributed by atoms with E-state index in [1.165, 1.54) is 12.8 Å². The van der Waals surface area contributed by atoms with Crippen LogP contribution in [-0.4, -0.2) is 12.5 Å². The summed E-state index contributed by atoms with van der Waals surface area (Å²) in [6.45, 7) is 2.82. The first-order valence-electron chi connectivity index (χ1n) is 9.15. The lowest BCUT2D eigenvalue weighted by molar-refractivity contribution is -0.112. The Kier molecular flexibility index (Phi) is 9.26. The lowest BCUT2D eigenvalue weighted by Gasteiger charge is -2.11. The van der Waals surface area contributed by atoms with E-state index in [0.717, 1.165) is 33.1 Å². The minimum atomic E-state index is -0.447. The van der Waals surface area contributed by atoms with Crippen LogP contribution in [-0.2, 0) is 4.79 Å². The van der Waals surface area contributed by atoms with Gasteiger partial charge in [-0.15, -0.1) is 0 Å². The summed E-state index contributed by atoms with van der Waals surface area (Å²) in [6, 6.07) is 14.7. The maximum Gasteiger partial charge on any atom is 0.266 e. The molecule has 0 saturated heterocycles. The summed E-state index contributed by atoms with van der Waals surface area (Å²) in [5, 5.41) is 12.1. The van der Waals surface area contributed by atoms with Crippen molar-refractivity contribution in [2.45, 2.75) is 32.6 Å². The lowest BCUT2D eigenvalue weighted by Crippen LogP contribution is -2.13. The highest BCUT2D eigenvalue weighted by atomic mass is 79.9. The number of benzene rings is 2. The smallest absolute Gasteiger partial charge is 0.266 e. The van der Waals surface area contributed by atoms with Crippen LogP contribution in [0.3, 0.4) is 0 Å². The normalized spacial score (nSPS) is 11.0. The van der Waals surface area contributed by atoms with E-state index < -0.39 is 5.91 Å². The van der Waals surface area contributed by atoms with Crippen LogP contribution in [0, 0.1) is 11.3 Å². The Bertz CT molecular complexity index is 851. The highest BCUT2D eigenvalue weighted by Gasteiger charge is 2.12. The molecule has 0 aromatic heterocycles. The van der Waals surface area contributed by atoms with Crippen molar-refractivity contribution in [3.05, 3.63) is 62.5 Å². The van der Waals surface area contributed by atoms with Crippen LogP contribution in [0.5, 0.6) is 5.75 Å². The highest BCUT2D eigenvalue weighted by Crippen LogP contribution is 2.35. The third kappa shape index (κ3) is 6.81. The van der Waals surface area contributed by atoms with Crippen molar-refractivity contribution in [1.29, 1.82) is 5.26 Å². The van der Waals surface area contributed by atoms with Crippen molar-refractivity contribution >= 4 is 49.5 Å². The second-order valence-electron chi connectivity index (χ2n) is 6.21. The number of hydrogen-bond acceptors (Lipinski definition) is 3. The third-order valence-electron chi connectivity index (χ3n) is 3.97. The molecule has 1 amide bonds. The second-order valence-corrected chi connectivity index (χ2v) is 7.92. The molecule has 28 heavy (non-hydrogen) atoms. The van der Waals surface area contributed by atoms with E-state index in [1.807, 2.05) is 36.4 Å². The Morgan fingerprint density at radius 1 is 1.14 bits per heavy atom. The summed E-state index contributed by atoms with van der Waals surface area (Å²) >= 11 is 7.03. The number of halogens is 2. The van der Waals surface area contributed by atoms with Crippen LogP contribution >= 0.6 is 31.9 Å². The van der Waals surface area contributed by atoms with Gasteiger partial charge in [-0.05, 0) is 74.2 Å². The van der Waals surface area contributed by atoms with Crippen molar-refractivity contribution in [2.75, 3.05) is 11.9 Å². The van der Waals surface area contributed by atoms with Crippen molar-refractivity contribution in [3.8, 4) is 11.8 Å². The number of carbonyl (C=O) groups is 1. The Balaban J connectivity index is 2.10. The van der Waals surface area contributed by atoms with E-state index in [1.54, 1.807) is 18.2 Å². The fourth-order valence-electron chi connectivity index (χ4n) is 2.54. The maximum atomic E-state index is 12.4. The highest BCUT2D eigenvalue weighted by molar-refractivity contribution is 9.11. The molecule has 2 aromatic carbocycles. The van der Waals surface area contributed by atoms with E-state index in [2.05, 4.69) is 44.1 Å². The van der Waals surface area contributed by atoms with Crippen molar-refractivity contribution in [2.24, 2.45) is 0 Å². The van der Waals surface area contributed by atoms with Gasteiger partial charge in [0, 0.05) is 5.69 Å². The number of rotatable bonds is 9. The fraction of sp³-hybridized carbons (Fsp3) is 0.273. The monoisotopic (exact) mass is 504 g/mol. The van der Waals surface area contributed by atoms with Crippen molar-refractivity contribution < 1.29 is 9.53 Å². The minimum absolute atomic E-state index is 0.0240. The summed E-state index contributed by atoms with van der Waals surface area (Å²) in [5.41, 5.74) is 1.38. The number of anilines is 1. The number of para-hydroxylation sites is 1. The van der Waals surface area contributed by atoms with Gasteiger partial charge in [0.05, 0.1) is 15.6 Å². The number of ether oxygens (including phenoxy) is 1. The van der Waals surface area contributed by atoms with Crippen LogP contribution < -0.4 is 10.1 Å². The zero-order valence-corrected chi connectivity index (χ0v) is 18.8. The molecule has 0 bridgehead atoms. The van der Waals surface area contributed by atoms with E-state index in [9.17, 15) is 10.1 Å². The van der Waals surface area contributed by atoms with Crippen molar-refractivity contribution in [3.63, 3.8) is 0 Å². The number of nitrogens with zero attached hydrogens (tertiary/aromatic N) is 1. The van der Waals surface area contributed by atoms with Gasteiger partial charge in [0.15, 0.2) is 0 Å². The molecule has 0 atom stereocenters. The molecule has 0 heterocycles. The van der Waals surface area contributed by atoms with E-state index >= 15 is 0 Å². The van der Waals surface area contributed by atoms with Gasteiger partial charge in [-0.2, -0.15) is 5.26 Å². The van der Waals surface area contributed by atoms with E-state index in [-0.39, 0.29) is 5.57 Å². The van der Waals surface area contributed by atoms with Crippen LogP contribution in [0.2, 0.25) is 0 Å². The molecule has 146 valence electrons. The van der Waals surface area contributed by atoms with Crippen LogP contribution in [0.1, 0.15) is 38.2 Å². The largest absolute Gasteiger partial charge is 0.491 e. The molecule has 1 N–H and O–H groups in total. The summed E-state index contributed by atoms with van der Waals surface area (Å²) in [4.78, 5) is 12.4. The van der Waals surface area contributed by atoms with Gasteiger partial charge in [0.2, 0.25) is 0 Å². The van der Waals surface area contributed by atoms with Crippen LogP contribution in [0.4, 0.5) is 5.69 Å². The molecule has 0 aliphatic rings. The molecule has 2 rings (SSSR count). The number of amides is 1. The summed E-state index contributed by atoms with van der Waals surface area (Å²) in [7, 11) is 0. The minimum Gasteiger partial charge on any atom is -0.491 e. The topological polar surface area (TPSA) is 62.1 Å². The summed E-state index contributed by atoms with van der Waals surface area (Å²) < 4.78 is 7.40. The summed E-state index contributed by atoms with van der Waals surface area (Å²) in [5.74, 6) is 0.276. The molecule has 2 aromatic rings. The lowest BCUT2D eigenvalue weighted by atomic mass is 10.1. The number of unbranched alkanes of at least 4 members (excludes halogenated alkanes) is 3. The number of hydrogen-bond donors (Lipinski definition) is 1. The number of carbonyl (C=O) groups excluding carboxylic acids is 1. The van der Waals surface area contributed by atoms with Crippen molar-refractivity contribution in [1.82, 2.24) is 0 Å². The van der Waals surface area contributed by atoms with Gasteiger partial charge in [0.25, 0.3) is 5.91 Å². The Morgan fingerprint density at radius 2 is 1.82 bits per heavy atom. The zero-order valence-electron chi connectivity index (χ0n) is 15.7. The zero-order chi connectivity index (χ0) is 20.4. The fourth-order valence-corrected chi connectivity index (χ4v) is 3.99. The van der Waals surface area contributed by atoms with Crippen LogP contribution in [0.15, 0.2) is 57.0 Å². The predicted octanol–water partition coefficient (Wildman–Crippen LogP) is 6.72. The molecular weight excluding hydrogens is 484 g/mol. The van der Waals surface area contributed by atoms with E-state index in [4.69, 9.17) is 4.74 Å². The molecule has 0 saturated carbocycles. The number of nitriles is 1. The molecule has 0 unspecified atom stereocenters. The molecule has 0 spiro atoms. The van der Waals surface area contributed by atoms with Gasteiger partial charge in [-0.1, -0.05) is 44.4 Å². The molecule has 6 heteroatoms. The summed E-state index contributed by atoms with van der Waals surface area (Å²) in [6.07, 6.45) is 6.10. The maximum absolute atomic E-state index is 12.4. The first-order valence-corrected chi connectivity index (χ1v) is 10.7. The standard InChI is InChI=1S/C22H22Br2N2O2/c1-2-3-4-8-11-28-21-19(23)13-16(14-20(21)24)12-17(15-25)22(27)26-18-9-6-5-7-10-18/h5-7,9-10,12-14H,2-4,8,11H2,1H3,(H,26,27)/b17-12+. The van der Waals surface area contributed by atoms with Crippen LogP contribution in [0.25, 0.3) is 6.08 Å².